The van der Waals surface area contributed by atoms with Crippen LogP contribution in [0.2, 0.25) is 0 Å². The first-order chi connectivity index (χ1) is 15.8. The van der Waals surface area contributed by atoms with E-state index in [1.54, 1.807) is 0 Å². The van der Waals surface area contributed by atoms with E-state index in [2.05, 4.69) is 98.1 Å². The van der Waals surface area contributed by atoms with Crippen LogP contribution in [0.4, 0.5) is 0 Å². The molecule has 172 valence electrons. The van der Waals surface area contributed by atoms with Gasteiger partial charge in [-0.25, -0.2) is 0 Å². The maximum atomic E-state index is 3.86. The summed E-state index contributed by atoms with van der Waals surface area (Å²) in [6.07, 6.45) is 5.98. The van der Waals surface area contributed by atoms with Crippen molar-refractivity contribution in [2.45, 2.75) is 24.7 Å². The predicted octanol–water partition coefficient (Wildman–Crippen LogP) is 9.25. The third kappa shape index (κ3) is 5.26. The average molecular weight is 619 g/mol. The third-order valence-corrected chi connectivity index (χ3v) is 6.53. The van der Waals surface area contributed by atoms with Crippen LogP contribution < -0.4 is 0 Å². The molecule has 0 heterocycles. The second-order valence-corrected chi connectivity index (χ2v) is 8.32. The van der Waals surface area contributed by atoms with Crippen molar-refractivity contribution in [3.8, 4) is 22.3 Å². The second-order valence-electron chi connectivity index (χ2n) is 8.32. The van der Waals surface area contributed by atoms with E-state index >= 15 is 0 Å². The molecule has 0 nitrogen and oxygen atoms in total. The van der Waals surface area contributed by atoms with Gasteiger partial charge in [-0.2, -0.15) is 48.5 Å². The summed E-state index contributed by atoms with van der Waals surface area (Å²) in [6, 6.07) is 36.5. The molecule has 4 aromatic carbocycles. The number of hydrogen-bond acceptors (Lipinski definition) is 0. The topological polar surface area (TPSA) is 0 Å². The van der Waals surface area contributed by atoms with Crippen LogP contribution in [-0.4, -0.2) is 0 Å². The first-order valence-electron chi connectivity index (χ1n) is 11.2. The number of fused-ring (bicyclic) bond motifs is 6. The number of hydrogen-bond donors (Lipinski definition) is 0. The standard InChI is InChI=1S/2C16H13.2CH3.Hf/c2*1-2-7-12-13-8-3-5-10-15(13)16-11-6-4-9-14(12)16;;;/h2*2-6,8,10-12H,1,7H2;2*1H3;/q4*-1;+4. The van der Waals surface area contributed by atoms with Gasteiger partial charge in [-0.15, -0.1) is 35.4 Å². The van der Waals surface area contributed by atoms with Crippen molar-refractivity contribution in [3.05, 3.63) is 159 Å². The molecule has 2 aliphatic rings. The number of benzene rings is 4. The Kier molecular flexibility index (Phi) is 10.4. The smallest absolute Gasteiger partial charge is 0.358 e. The first kappa shape index (κ1) is 28.5. The van der Waals surface area contributed by atoms with Crippen molar-refractivity contribution in [2.24, 2.45) is 0 Å². The van der Waals surface area contributed by atoms with Crippen LogP contribution >= 0.6 is 0 Å². The zero-order valence-corrected chi connectivity index (χ0v) is 24.3. The van der Waals surface area contributed by atoms with Crippen molar-refractivity contribution in [2.75, 3.05) is 0 Å². The molecule has 0 spiro atoms. The Morgan fingerprint density at radius 1 is 0.571 bits per heavy atom. The maximum absolute atomic E-state index is 3.86. The van der Waals surface area contributed by atoms with E-state index in [9.17, 15) is 0 Å². The Balaban J connectivity index is 0.000000227. The third-order valence-electron chi connectivity index (χ3n) is 6.53. The van der Waals surface area contributed by atoms with Gasteiger partial charge in [-0.05, 0) is 35.8 Å². The number of rotatable bonds is 4. The van der Waals surface area contributed by atoms with Crippen LogP contribution in [-0.2, 0) is 25.8 Å². The Bertz CT molecular complexity index is 1090. The minimum absolute atomic E-state index is 0. The average Bonchev–Trinajstić information content (AvgIpc) is 3.34. The van der Waals surface area contributed by atoms with Gasteiger partial charge in [-0.1, -0.05) is 71.8 Å². The van der Waals surface area contributed by atoms with E-state index in [1.807, 2.05) is 24.3 Å². The molecule has 1 heteroatoms. The van der Waals surface area contributed by atoms with Gasteiger partial charge in [0.05, 0.1) is 0 Å². The molecule has 2 aliphatic carbocycles. The van der Waals surface area contributed by atoms with Gasteiger partial charge in [0.15, 0.2) is 0 Å². The van der Waals surface area contributed by atoms with Crippen molar-refractivity contribution in [1.29, 1.82) is 0 Å². The second kappa shape index (κ2) is 12.8. The van der Waals surface area contributed by atoms with Crippen molar-refractivity contribution >= 4 is 0 Å². The minimum Gasteiger partial charge on any atom is -0.358 e. The summed E-state index contributed by atoms with van der Waals surface area (Å²) >= 11 is 0. The van der Waals surface area contributed by atoms with Crippen LogP contribution in [0.25, 0.3) is 22.3 Å². The summed E-state index contributed by atoms with van der Waals surface area (Å²) in [5.74, 6) is 0.898. The normalized spacial score (nSPS) is 15.2. The van der Waals surface area contributed by atoms with Gasteiger partial charge in [0.2, 0.25) is 0 Å². The molecule has 0 N–H and O–H groups in total. The fourth-order valence-electron chi connectivity index (χ4n) is 5.17. The van der Waals surface area contributed by atoms with Crippen molar-refractivity contribution in [3.63, 3.8) is 0 Å². The Hall–Kier alpha value is -2.77. The maximum Gasteiger partial charge on any atom is 4.00 e. The molecule has 2 atom stereocenters. The van der Waals surface area contributed by atoms with Crippen LogP contribution in [0.1, 0.15) is 46.9 Å². The molecular weight excluding hydrogens is 587 g/mol. The van der Waals surface area contributed by atoms with Crippen LogP contribution in [0, 0.1) is 27.0 Å². The first-order valence-corrected chi connectivity index (χ1v) is 11.2. The quantitative estimate of drug-likeness (QED) is 0.121. The summed E-state index contributed by atoms with van der Waals surface area (Å²) in [6.45, 7) is 7.71. The zero-order chi connectivity index (χ0) is 21.9. The molecule has 0 aliphatic heterocycles. The van der Waals surface area contributed by atoms with Gasteiger partial charge in [0, 0.05) is 0 Å². The molecule has 2 unspecified atom stereocenters. The van der Waals surface area contributed by atoms with E-state index in [0.29, 0.717) is 11.8 Å². The van der Waals surface area contributed by atoms with E-state index in [0.717, 1.165) is 12.8 Å². The molecule has 0 saturated carbocycles. The Labute approximate surface area is 231 Å². The summed E-state index contributed by atoms with van der Waals surface area (Å²) in [7, 11) is 0. The van der Waals surface area contributed by atoms with Crippen LogP contribution in [0.5, 0.6) is 0 Å². The van der Waals surface area contributed by atoms with E-state index in [4.69, 9.17) is 0 Å². The molecule has 0 bridgehead atoms. The van der Waals surface area contributed by atoms with E-state index in [1.165, 1.54) is 44.5 Å². The predicted molar refractivity (Wildman–Crippen MR) is 148 cm³/mol. The monoisotopic (exact) mass is 620 g/mol. The molecular formula is C34H32Hf. The molecule has 6 rings (SSSR count). The van der Waals surface area contributed by atoms with Crippen molar-refractivity contribution < 1.29 is 25.8 Å². The van der Waals surface area contributed by atoms with Crippen LogP contribution in [0.15, 0.2) is 110 Å². The Morgan fingerprint density at radius 3 is 1.34 bits per heavy atom. The molecule has 0 amide bonds. The molecule has 4 aromatic rings. The summed E-state index contributed by atoms with van der Waals surface area (Å²) in [5.41, 5.74) is 10.9. The summed E-state index contributed by atoms with van der Waals surface area (Å²) in [5, 5.41) is 0. The van der Waals surface area contributed by atoms with Crippen molar-refractivity contribution in [1.82, 2.24) is 0 Å². The summed E-state index contributed by atoms with van der Waals surface area (Å²) < 4.78 is 0. The van der Waals surface area contributed by atoms with Gasteiger partial charge < -0.3 is 14.9 Å². The Morgan fingerprint density at radius 2 is 0.943 bits per heavy atom. The minimum atomic E-state index is 0. The van der Waals surface area contributed by atoms with Crippen LogP contribution in [0.3, 0.4) is 0 Å². The van der Waals surface area contributed by atoms with Gasteiger partial charge >= 0.3 is 25.8 Å². The summed E-state index contributed by atoms with van der Waals surface area (Å²) in [4.78, 5) is 0. The molecule has 0 fully saturated rings. The molecule has 35 heavy (non-hydrogen) atoms. The SMILES string of the molecule is C=CCC1c2[c-]cccc2-c2ccccc21.C=CCC1c2[c-]cccc2-c2ccccc21.[CH3-].[CH3-].[Hf+4]. The van der Waals surface area contributed by atoms with Gasteiger partial charge in [0.1, 0.15) is 0 Å². The fraction of sp³-hybridized carbons (Fsp3) is 0.118. The molecule has 0 aromatic heterocycles. The largest absolute Gasteiger partial charge is 4.00 e. The zero-order valence-electron chi connectivity index (χ0n) is 20.7. The fourth-order valence-corrected chi connectivity index (χ4v) is 5.17. The van der Waals surface area contributed by atoms with Gasteiger partial charge in [0.25, 0.3) is 0 Å². The number of allylic oxidation sites excluding steroid dienone is 2. The van der Waals surface area contributed by atoms with E-state index < -0.39 is 0 Å². The molecule has 0 saturated heterocycles. The molecule has 0 radical (unpaired) electrons. The van der Waals surface area contributed by atoms with Gasteiger partial charge in [-0.3, -0.25) is 0 Å². The van der Waals surface area contributed by atoms with E-state index in [-0.39, 0.29) is 40.7 Å².